The molecule has 5 rings (SSSR count). The van der Waals surface area contributed by atoms with Crippen LogP contribution in [0.4, 0.5) is 15.9 Å². The average molecular weight is 483 g/mol. The highest BCUT2D eigenvalue weighted by atomic mass is 19.1. The maximum absolute atomic E-state index is 13.3. The molecule has 1 aliphatic rings. The van der Waals surface area contributed by atoms with E-state index in [9.17, 15) is 9.18 Å². The number of aromatic nitrogens is 2. The van der Waals surface area contributed by atoms with Crippen LogP contribution < -0.4 is 10.2 Å². The molecular formula is C28H27FN6O. The average Bonchev–Trinajstić information content (AvgIpc) is 2.93. The molecule has 0 bridgehead atoms. The van der Waals surface area contributed by atoms with E-state index in [-0.39, 0.29) is 11.9 Å². The number of nitrogens with one attached hydrogen (secondary N) is 1. The van der Waals surface area contributed by atoms with Crippen LogP contribution in [0.1, 0.15) is 12.5 Å². The van der Waals surface area contributed by atoms with Crippen LogP contribution >= 0.6 is 0 Å². The molecule has 1 aromatic heterocycles. The Bertz CT molecular complexity index is 1370. The van der Waals surface area contributed by atoms with Crippen LogP contribution in [0.3, 0.4) is 0 Å². The van der Waals surface area contributed by atoms with Crippen molar-refractivity contribution in [1.29, 1.82) is 5.26 Å². The number of fused-ring (bicyclic) bond motifs is 1. The maximum Gasteiger partial charge on any atom is 0.209 e. The molecule has 0 spiro atoms. The van der Waals surface area contributed by atoms with Gasteiger partial charge in [0.25, 0.3) is 0 Å². The van der Waals surface area contributed by atoms with Gasteiger partial charge in [0.2, 0.25) is 6.41 Å². The van der Waals surface area contributed by atoms with Crippen LogP contribution in [0.25, 0.3) is 22.0 Å². The Morgan fingerprint density at radius 2 is 1.69 bits per heavy atom. The van der Waals surface area contributed by atoms with Crippen molar-refractivity contribution in [2.24, 2.45) is 0 Å². The molecule has 0 unspecified atom stereocenters. The quantitative estimate of drug-likeness (QED) is 0.425. The summed E-state index contributed by atoms with van der Waals surface area (Å²) >= 11 is 0. The number of halogens is 1. The minimum atomic E-state index is -0.274. The minimum Gasteiger partial charge on any atom is -0.388 e. The number of nitriles is 1. The van der Waals surface area contributed by atoms with Crippen molar-refractivity contribution in [3.05, 3.63) is 84.2 Å². The molecule has 7 nitrogen and oxygen atoms in total. The largest absolute Gasteiger partial charge is 0.388 e. The third-order valence-electron chi connectivity index (χ3n) is 6.17. The normalized spacial score (nSPS) is 15.0. The van der Waals surface area contributed by atoms with Crippen LogP contribution in [-0.4, -0.2) is 54.2 Å². The van der Waals surface area contributed by atoms with E-state index in [2.05, 4.69) is 33.4 Å². The Labute approximate surface area is 209 Å². The van der Waals surface area contributed by atoms with Crippen molar-refractivity contribution in [3.63, 3.8) is 0 Å². The number of amides is 1. The molecule has 36 heavy (non-hydrogen) atoms. The number of carbonyl (C=O) groups is 1. The molecule has 1 aliphatic heterocycles. The molecule has 0 saturated carbocycles. The summed E-state index contributed by atoms with van der Waals surface area (Å²) in [4.78, 5) is 15.0. The number of rotatable bonds is 4. The van der Waals surface area contributed by atoms with E-state index < -0.39 is 0 Å². The van der Waals surface area contributed by atoms with E-state index in [1.165, 1.54) is 12.1 Å². The lowest BCUT2D eigenvalue weighted by molar-refractivity contribution is -0.118. The molecule has 182 valence electrons. The van der Waals surface area contributed by atoms with Gasteiger partial charge in [-0.15, -0.1) is 10.2 Å². The first kappa shape index (κ1) is 24.6. The monoisotopic (exact) mass is 482 g/mol. The van der Waals surface area contributed by atoms with Crippen LogP contribution in [0.15, 0.2) is 72.8 Å². The number of benzene rings is 3. The Morgan fingerprint density at radius 3 is 2.31 bits per heavy atom. The fourth-order valence-electron chi connectivity index (χ4n) is 4.23. The van der Waals surface area contributed by atoms with E-state index in [1.807, 2.05) is 43.4 Å². The molecule has 1 amide bonds. The highest BCUT2D eigenvalue weighted by Crippen LogP contribution is 2.32. The summed E-state index contributed by atoms with van der Waals surface area (Å²) < 4.78 is 13.3. The Balaban J connectivity index is 0.000000256. The summed E-state index contributed by atoms with van der Waals surface area (Å²) in [5.41, 5.74) is 3.29. The number of anilines is 2. The summed E-state index contributed by atoms with van der Waals surface area (Å²) in [6.45, 7) is 4.14. The van der Waals surface area contributed by atoms with Crippen LogP contribution in [0, 0.1) is 17.1 Å². The van der Waals surface area contributed by atoms with Gasteiger partial charge in [-0.2, -0.15) is 5.26 Å². The van der Waals surface area contributed by atoms with Crippen molar-refractivity contribution < 1.29 is 9.18 Å². The Morgan fingerprint density at radius 1 is 1.00 bits per heavy atom. The number of carbonyl (C=O) groups excluding carboxylic acids is 1. The third kappa shape index (κ3) is 5.41. The fourth-order valence-corrected chi connectivity index (χ4v) is 4.23. The van der Waals surface area contributed by atoms with E-state index in [1.54, 1.807) is 29.2 Å². The second-order valence-electron chi connectivity index (χ2n) is 8.51. The smallest absolute Gasteiger partial charge is 0.209 e. The number of hydrogen-bond donors (Lipinski definition) is 1. The van der Waals surface area contributed by atoms with Crippen LogP contribution in [0.2, 0.25) is 0 Å². The summed E-state index contributed by atoms with van der Waals surface area (Å²) in [5.74, 6) is 0.550. The zero-order valence-electron chi connectivity index (χ0n) is 20.2. The first-order valence-corrected chi connectivity index (χ1v) is 11.7. The van der Waals surface area contributed by atoms with Crippen LogP contribution in [-0.2, 0) is 4.79 Å². The van der Waals surface area contributed by atoms with Crippen LogP contribution in [0.5, 0.6) is 0 Å². The molecule has 8 heteroatoms. The second kappa shape index (κ2) is 11.3. The van der Waals surface area contributed by atoms with Gasteiger partial charge in [-0.05, 0) is 55.5 Å². The molecule has 4 aromatic rings. The summed E-state index contributed by atoms with van der Waals surface area (Å²) in [6.07, 6.45) is 0.898. The molecule has 1 N–H and O–H groups in total. The third-order valence-corrected chi connectivity index (χ3v) is 6.17. The maximum atomic E-state index is 13.3. The lowest BCUT2D eigenvalue weighted by Gasteiger charge is -2.39. The summed E-state index contributed by atoms with van der Waals surface area (Å²) in [5, 5.41) is 22.4. The van der Waals surface area contributed by atoms with Gasteiger partial charge in [0, 0.05) is 54.7 Å². The molecule has 1 fully saturated rings. The number of nitrogens with zero attached hydrogens (tertiary/aromatic N) is 5. The zero-order valence-corrected chi connectivity index (χ0v) is 20.2. The van der Waals surface area contributed by atoms with E-state index in [0.717, 1.165) is 39.9 Å². The van der Waals surface area contributed by atoms with E-state index in [0.29, 0.717) is 25.2 Å². The van der Waals surface area contributed by atoms with Gasteiger partial charge < -0.3 is 15.1 Å². The predicted octanol–water partition coefficient (Wildman–Crippen LogP) is 4.70. The Hall–Kier alpha value is -4.51. The standard InChI is InChI=1S/C20H19FN4O.C8H8N2/c1-14-12-24(13-26)10-11-25(14)20-18-5-3-2-4-17(18)19(22-23-20)15-6-8-16(21)9-7-15;1-10-8-4-2-7(6-9)3-5-8/h2-9,13-14H,10-12H2,1H3;2-5,10H,1H3/t14-;/m0./s1. The van der Waals surface area contributed by atoms with Crippen molar-refractivity contribution in [2.75, 3.05) is 36.9 Å². The highest BCUT2D eigenvalue weighted by Gasteiger charge is 2.26. The van der Waals surface area contributed by atoms with Crippen molar-refractivity contribution in [2.45, 2.75) is 13.0 Å². The Kier molecular flexibility index (Phi) is 7.71. The van der Waals surface area contributed by atoms with Crippen molar-refractivity contribution >= 4 is 28.7 Å². The molecule has 3 aromatic carbocycles. The van der Waals surface area contributed by atoms with Gasteiger partial charge >= 0.3 is 0 Å². The van der Waals surface area contributed by atoms with Gasteiger partial charge in [0.1, 0.15) is 11.5 Å². The number of hydrogen-bond acceptors (Lipinski definition) is 6. The molecule has 1 atom stereocenters. The molecular weight excluding hydrogens is 455 g/mol. The fraction of sp³-hybridized carbons (Fsp3) is 0.214. The summed E-state index contributed by atoms with van der Waals surface area (Å²) in [6, 6.07) is 23.8. The minimum absolute atomic E-state index is 0.156. The van der Waals surface area contributed by atoms with Gasteiger partial charge in [-0.1, -0.05) is 24.3 Å². The second-order valence-corrected chi connectivity index (χ2v) is 8.51. The van der Waals surface area contributed by atoms with Crippen molar-refractivity contribution in [1.82, 2.24) is 15.1 Å². The van der Waals surface area contributed by atoms with Gasteiger partial charge in [0.15, 0.2) is 5.82 Å². The van der Waals surface area contributed by atoms with Gasteiger partial charge in [-0.25, -0.2) is 4.39 Å². The zero-order chi connectivity index (χ0) is 25.5. The van der Waals surface area contributed by atoms with Gasteiger partial charge in [-0.3, -0.25) is 4.79 Å². The van der Waals surface area contributed by atoms with E-state index >= 15 is 0 Å². The molecule has 1 saturated heterocycles. The van der Waals surface area contributed by atoms with Gasteiger partial charge in [0.05, 0.1) is 11.6 Å². The first-order chi connectivity index (χ1) is 17.5. The molecule has 2 heterocycles. The molecule has 0 radical (unpaired) electrons. The SMILES string of the molecule is CNc1ccc(C#N)cc1.C[C@H]1CN(C=O)CCN1c1nnc(-c2ccc(F)cc2)c2ccccc12. The lowest BCUT2D eigenvalue weighted by Crippen LogP contribution is -2.51. The van der Waals surface area contributed by atoms with E-state index in [4.69, 9.17) is 5.26 Å². The predicted molar refractivity (Wildman–Crippen MR) is 140 cm³/mol. The van der Waals surface area contributed by atoms with Crippen molar-refractivity contribution in [3.8, 4) is 17.3 Å². The lowest BCUT2D eigenvalue weighted by atomic mass is 10.0. The first-order valence-electron chi connectivity index (χ1n) is 11.7. The molecule has 0 aliphatic carbocycles. The summed E-state index contributed by atoms with van der Waals surface area (Å²) in [7, 11) is 1.85. The topological polar surface area (TPSA) is 85.2 Å². The highest BCUT2D eigenvalue weighted by molar-refractivity contribution is 6.00. The number of piperazine rings is 1.